The fourth-order valence-electron chi connectivity index (χ4n) is 1.61. The molecular weight excluding hydrogens is 230 g/mol. The molecule has 0 amide bonds. The van der Waals surface area contributed by atoms with Crippen LogP contribution < -0.4 is 10.1 Å². The van der Waals surface area contributed by atoms with Crippen LogP contribution in [0.5, 0.6) is 5.75 Å². The normalized spacial score (nSPS) is 11.4. The van der Waals surface area contributed by atoms with Crippen LogP contribution in [0.15, 0.2) is 18.2 Å². The maximum absolute atomic E-state index is 5.36. The first-order valence-electron chi connectivity index (χ1n) is 6.02. The lowest BCUT2D eigenvalue weighted by Crippen LogP contribution is -2.12. The molecule has 0 aliphatic carbocycles. The Morgan fingerprint density at radius 2 is 2.00 bits per heavy atom. The molecule has 0 radical (unpaired) electrons. The Hall–Kier alpha value is -0.830. The lowest BCUT2D eigenvalue weighted by atomic mass is 9.87. The van der Waals surface area contributed by atoms with Crippen molar-refractivity contribution in [1.29, 1.82) is 0 Å². The summed E-state index contributed by atoms with van der Waals surface area (Å²) >= 11 is 4.21. The smallest absolute Gasteiger partial charge is 0.141 e. The largest absolute Gasteiger partial charge is 0.495 e. The number of nitrogens with one attached hydrogen (secondary N) is 1. The molecule has 0 atom stereocenters. The van der Waals surface area contributed by atoms with Gasteiger partial charge in [-0.1, -0.05) is 26.8 Å². The highest BCUT2D eigenvalue weighted by molar-refractivity contribution is 7.80. The van der Waals surface area contributed by atoms with Crippen LogP contribution in [0.1, 0.15) is 32.8 Å². The number of methoxy groups -OCH3 is 1. The first kappa shape index (κ1) is 14.2. The molecule has 96 valence electrons. The monoisotopic (exact) mass is 253 g/mol. The minimum atomic E-state index is 0.159. The summed E-state index contributed by atoms with van der Waals surface area (Å²) in [4.78, 5) is 0. The van der Waals surface area contributed by atoms with Gasteiger partial charge in [0.15, 0.2) is 0 Å². The molecule has 0 aliphatic rings. The Bertz CT molecular complexity index is 358. The molecule has 3 heteroatoms. The second-order valence-corrected chi connectivity index (χ2v) is 5.62. The van der Waals surface area contributed by atoms with E-state index in [-0.39, 0.29) is 5.41 Å². The lowest BCUT2D eigenvalue weighted by molar-refractivity contribution is 0.416. The second kappa shape index (κ2) is 6.20. The number of anilines is 1. The van der Waals surface area contributed by atoms with E-state index in [0.717, 1.165) is 30.2 Å². The number of ether oxygens (including phenoxy) is 1. The van der Waals surface area contributed by atoms with E-state index in [1.54, 1.807) is 7.11 Å². The van der Waals surface area contributed by atoms with Crippen molar-refractivity contribution in [3.05, 3.63) is 23.8 Å². The molecule has 0 aromatic heterocycles. The van der Waals surface area contributed by atoms with Gasteiger partial charge < -0.3 is 10.1 Å². The number of hydrogen-bond donors (Lipinski definition) is 2. The Morgan fingerprint density at radius 3 is 2.53 bits per heavy atom. The molecular formula is C14H23NOS. The van der Waals surface area contributed by atoms with Crippen molar-refractivity contribution in [2.75, 3.05) is 24.7 Å². The summed E-state index contributed by atoms with van der Waals surface area (Å²) in [5.74, 6) is 1.80. The van der Waals surface area contributed by atoms with E-state index in [2.05, 4.69) is 50.8 Å². The second-order valence-electron chi connectivity index (χ2n) is 5.17. The summed E-state index contributed by atoms with van der Waals surface area (Å²) in [6, 6.07) is 6.34. The highest BCUT2D eigenvalue weighted by atomic mass is 32.1. The number of benzene rings is 1. The van der Waals surface area contributed by atoms with Gasteiger partial charge in [-0.25, -0.2) is 0 Å². The first-order valence-corrected chi connectivity index (χ1v) is 6.65. The van der Waals surface area contributed by atoms with E-state index in [9.17, 15) is 0 Å². The molecule has 1 rings (SSSR count). The van der Waals surface area contributed by atoms with Gasteiger partial charge in [-0.3, -0.25) is 0 Å². The minimum absolute atomic E-state index is 0.159. The van der Waals surface area contributed by atoms with Crippen LogP contribution in [0.25, 0.3) is 0 Å². The predicted octanol–water partition coefficient (Wildman–Crippen LogP) is 3.72. The van der Waals surface area contributed by atoms with Crippen molar-refractivity contribution in [2.45, 2.75) is 32.6 Å². The summed E-state index contributed by atoms with van der Waals surface area (Å²) in [6.07, 6.45) is 1.05. The van der Waals surface area contributed by atoms with Gasteiger partial charge in [0.05, 0.1) is 12.8 Å². The number of hydrogen-bond acceptors (Lipinski definition) is 3. The third kappa shape index (κ3) is 4.15. The van der Waals surface area contributed by atoms with Gasteiger partial charge in [0.1, 0.15) is 5.75 Å². The van der Waals surface area contributed by atoms with E-state index in [1.807, 2.05) is 6.07 Å². The van der Waals surface area contributed by atoms with Crippen LogP contribution in [0.4, 0.5) is 5.69 Å². The third-order valence-electron chi connectivity index (χ3n) is 2.72. The predicted molar refractivity (Wildman–Crippen MR) is 78.7 cm³/mol. The third-order valence-corrected chi connectivity index (χ3v) is 3.03. The van der Waals surface area contributed by atoms with Crippen molar-refractivity contribution in [3.8, 4) is 5.75 Å². The molecule has 0 heterocycles. The average Bonchev–Trinajstić information content (AvgIpc) is 2.28. The molecule has 2 nitrogen and oxygen atoms in total. The van der Waals surface area contributed by atoms with Crippen molar-refractivity contribution in [1.82, 2.24) is 0 Å². The van der Waals surface area contributed by atoms with Crippen LogP contribution >= 0.6 is 12.6 Å². The van der Waals surface area contributed by atoms with Crippen molar-refractivity contribution >= 4 is 18.3 Å². The zero-order chi connectivity index (χ0) is 12.9. The summed E-state index contributed by atoms with van der Waals surface area (Å²) in [7, 11) is 1.70. The van der Waals surface area contributed by atoms with E-state index < -0.39 is 0 Å². The molecule has 1 aromatic carbocycles. The summed E-state index contributed by atoms with van der Waals surface area (Å²) in [5, 5.41) is 3.40. The van der Waals surface area contributed by atoms with Gasteiger partial charge in [-0.15, -0.1) is 0 Å². The maximum Gasteiger partial charge on any atom is 0.141 e. The summed E-state index contributed by atoms with van der Waals surface area (Å²) < 4.78 is 5.36. The van der Waals surface area contributed by atoms with Crippen molar-refractivity contribution in [2.24, 2.45) is 0 Å². The van der Waals surface area contributed by atoms with Crippen molar-refractivity contribution in [3.63, 3.8) is 0 Å². The Kier molecular flexibility index (Phi) is 5.19. The van der Waals surface area contributed by atoms with E-state index >= 15 is 0 Å². The summed E-state index contributed by atoms with van der Waals surface area (Å²) in [5.41, 5.74) is 2.54. The molecule has 0 aliphatic heterocycles. The SMILES string of the molecule is COc1ccc(C(C)(C)C)cc1NCCCS. The first-order chi connectivity index (χ1) is 7.99. The summed E-state index contributed by atoms with van der Waals surface area (Å²) in [6.45, 7) is 7.57. The van der Waals surface area contributed by atoms with Crippen LogP contribution in [-0.4, -0.2) is 19.4 Å². The molecule has 17 heavy (non-hydrogen) atoms. The topological polar surface area (TPSA) is 21.3 Å². The molecule has 0 unspecified atom stereocenters. The lowest BCUT2D eigenvalue weighted by Gasteiger charge is -2.21. The van der Waals surface area contributed by atoms with Crippen LogP contribution in [0.2, 0.25) is 0 Å². The molecule has 1 aromatic rings. The van der Waals surface area contributed by atoms with E-state index in [1.165, 1.54) is 5.56 Å². The molecule has 0 saturated carbocycles. The van der Waals surface area contributed by atoms with Crippen LogP contribution in [-0.2, 0) is 5.41 Å². The zero-order valence-corrected chi connectivity index (χ0v) is 12.1. The highest BCUT2D eigenvalue weighted by Crippen LogP contribution is 2.31. The van der Waals surface area contributed by atoms with Gasteiger partial charge >= 0.3 is 0 Å². The van der Waals surface area contributed by atoms with Gasteiger partial charge in [0, 0.05) is 6.54 Å². The van der Waals surface area contributed by atoms with Crippen molar-refractivity contribution < 1.29 is 4.74 Å². The molecule has 0 saturated heterocycles. The zero-order valence-electron chi connectivity index (χ0n) is 11.2. The van der Waals surface area contributed by atoms with Gasteiger partial charge in [0.25, 0.3) is 0 Å². The standard InChI is InChI=1S/C14H23NOS/c1-14(2,3)11-6-7-13(16-4)12(10-11)15-8-5-9-17/h6-7,10,15,17H,5,8-9H2,1-4H3. The maximum atomic E-state index is 5.36. The molecule has 0 spiro atoms. The Labute approximate surface area is 110 Å². The molecule has 0 bridgehead atoms. The van der Waals surface area contributed by atoms with Gasteiger partial charge in [-0.05, 0) is 35.3 Å². The van der Waals surface area contributed by atoms with Gasteiger partial charge in [-0.2, -0.15) is 12.6 Å². The Morgan fingerprint density at radius 1 is 1.29 bits per heavy atom. The van der Waals surface area contributed by atoms with E-state index in [4.69, 9.17) is 4.74 Å². The fourth-order valence-corrected chi connectivity index (χ4v) is 1.77. The van der Waals surface area contributed by atoms with Gasteiger partial charge in [0.2, 0.25) is 0 Å². The minimum Gasteiger partial charge on any atom is -0.495 e. The van der Waals surface area contributed by atoms with Crippen LogP contribution in [0, 0.1) is 0 Å². The molecule has 1 N–H and O–H groups in total. The fraction of sp³-hybridized carbons (Fsp3) is 0.571. The highest BCUT2D eigenvalue weighted by Gasteiger charge is 2.15. The Balaban J connectivity index is 2.90. The quantitative estimate of drug-likeness (QED) is 0.616. The van der Waals surface area contributed by atoms with E-state index in [0.29, 0.717) is 0 Å². The number of thiol groups is 1. The average molecular weight is 253 g/mol. The number of rotatable bonds is 5. The molecule has 0 fully saturated rings. The van der Waals surface area contributed by atoms with Crippen LogP contribution in [0.3, 0.4) is 0 Å².